The van der Waals surface area contributed by atoms with Crippen LogP contribution in [0, 0.1) is 0 Å². The van der Waals surface area contributed by atoms with Gasteiger partial charge in [0, 0.05) is 5.41 Å². The minimum Gasteiger partial charge on any atom is -0.0942 e. The standard InChI is InChI=1S/C48H50/c1-8-12-15-23-34(5)48(38-24-16-14-17-25-38)35(6)39(26-13-9-2)46-40(28-20-30-44(46)48)36-31-32-42-41-27-18-19-29-43(41)47(7,45(42)33-36)37(21-10-3)22-11-4/h8,12-21,23-33H,5,9-11,22H2,1-4,6-7H3/b12-8-,23-15-,26-13-,37-21+. The summed E-state index contributed by atoms with van der Waals surface area (Å²) in [5.74, 6) is 0. The Morgan fingerprint density at radius 2 is 1.46 bits per heavy atom. The zero-order chi connectivity index (χ0) is 33.9. The third-order valence-electron chi connectivity index (χ3n) is 10.8. The fraction of sp³-hybridized carbons (Fsp3) is 0.250. The average Bonchev–Trinajstić information content (AvgIpc) is 3.53. The van der Waals surface area contributed by atoms with E-state index in [-0.39, 0.29) is 5.41 Å². The fourth-order valence-electron chi connectivity index (χ4n) is 8.58. The molecule has 2 aliphatic rings. The van der Waals surface area contributed by atoms with E-state index in [4.69, 9.17) is 6.58 Å². The summed E-state index contributed by atoms with van der Waals surface area (Å²) in [4.78, 5) is 0. The summed E-state index contributed by atoms with van der Waals surface area (Å²) in [5.41, 5.74) is 16.6. The zero-order valence-corrected chi connectivity index (χ0v) is 29.7. The maximum absolute atomic E-state index is 4.78. The predicted molar refractivity (Wildman–Crippen MR) is 209 cm³/mol. The Morgan fingerprint density at radius 3 is 2.19 bits per heavy atom. The monoisotopic (exact) mass is 626 g/mol. The first-order valence-corrected chi connectivity index (χ1v) is 17.9. The van der Waals surface area contributed by atoms with Crippen LogP contribution in [0.5, 0.6) is 0 Å². The van der Waals surface area contributed by atoms with Gasteiger partial charge in [-0.25, -0.2) is 0 Å². The van der Waals surface area contributed by atoms with Crippen LogP contribution in [0.3, 0.4) is 0 Å². The lowest BCUT2D eigenvalue weighted by molar-refractivity contribution is 0.641. The van der Waals surface area contributed by atoms with Crippen molar-refractivity contribution in [1.82, 2.24) is 0 Å². The van der Waals surface area contributed by atoms with Crippen LogP contribution in [0.25, 0.3) is 27.8 Å². The van der Waals surface area contributed by atoms with Gasteiger partial charge in [-0.3, -0.25) is 0 Å². The summed E-state index contributed by atoms with van der Waals surface area (Å²) in [6.45, 7) is 18.4. The molecule has 0 radical (unpaired) electrons. The molecular formula is C48H50. The fourth-order valence-corrected chi connectivity index (χ4v) is 8.58. The average molecular weight is 627 g/mol. The molecule has 2 unspecified atom stereocenters. The molecule has 0 aliphatic heterocycles. The number of benzene rings is 4. The molecule has 2 aliphatic carbocycles. The smallest absolute Gasteiger partial charge is 0.0668 e. The molecule has 0 nitrogen and oxygen atoms in total. The van der Waals surface area contributed by atoms with Gasteiger partial charge in [0.1, 0.15) is 0 Å². The Labute approximate surface area is 289 Å². The number of rotatable bonds is 11. The molecule has 4 aromatic carbocycles. The summed E-state index contributed by atoms with van der Waals surface area (Å²) in [6, 6.07) is 34.3. The van der Waals surface area contributed by atoms with Crippen LogP contribution >= 0.6 is 0 Å². The van der Waals surface area contributed by atoms with Crippen LogP contribution in [0.4, 0.5) is 0 Å². The molecule has 0 amide bonds. The molecule has 0 heterocycles. The Bertz CT molecular complexity index is 1990. The number of allylic oxidation sites excluding steroid dienone is 11. The molecule has 48 heavy (non-hydrogen) atoms. The van der Waals surface area contributed by atoms with E-state index < -0.39 is 5.41 Å². The Balaban J connectivity index is 1.65. The first kappa shape index (κ1) is 33.2. The molecule has 0 N–H and O–H groups in total. The molecule has 242 valence electrons. The van der Waals surface area contributed by atoms with E-state index in [0.717, 1.165) is 31.3 Å². The van der Waals surface area contributed by atoms with Gasteiger partial charge < -0.3 is 0 Å². The summed E-state index contributed by atoms with van der Waals surface area (Å²) in [5, 5.41) is 0. The molecule has 2 atom stereocenters. The molecule has 4 aromatic rings. The van der Waals surface area contributed by atoms with Crippen molar-refractivity contribution in [2.75, 3.05) is 0 Å². The summed E-state index contributed by atoms with van der Waals surface area (Å²) in [7, 11) is 0. The van der Waals surface area contributed by atoms with Gasteiger partial charge in [0.2, 0.25) is 0 Å². The Morgan fingerprint density at radius 1 is 0.750 bits per heavy atom. The van der Waals surface area contributed by atoms with Crippen LogP contribution in [-0.2, 0) is 10.8 Å². The lowest BCUT2D eigenvalue weighted by Gasteiger charge is -2.35. The van der Waals surface area contributed by atoms with Crippen molar-refractivity contribution in [3.63, 3.8) is 0 Å². The van der Waals surface area contributed by atoms with Crippen molar-refractivity contribution in [3.8, 4) is 22.3 Å². The second kappa shape index (κ2) is 13.8. The molecule has 0 fully saturated rings. The highest BCUT2D eigenvalue weighted by Crippen LogP contribution is 2.58. The summed E-state index contributed by atoms with van der Waals surface area (Å²) in [6.07, 6.45) is 19.9. The largest absolute Gasteiger partial charge is 0.0942 e. The first-order chi connectivity index (χ1) is 23.4. The summed E-state index contributed by atoms with van der Waals surface area (Å²) < 4.78 is 0. The molecule has 0 saturated carbocycles. The second-order valence-corrected chi connectivity index (χ2v) is 13.4. The molecule has 0 spiro atoms. The maximum Gasteiger partial charge on any atom is 0.0668 e. The van der Waals surface area contributed by atoms with Gasteiger partial charge >= 0.3 is 0 Å². The van der Waals surface area contributed by atoms with E-state index in [1.54, 1.807) is 0 Å². The van der Waals surface area contributed by atoms with Crippen LogP contribution in [-0.4, -0.2) is 0 Å². The van der Waals surface area contributed by atoms with E-state index >= 15 is 0 Å². The van der Waals surface area contributed by atoms with Gasteiger partial charge in [-0.15, -0.1) is 0 Å². The van der Waals surface area contributed by atoms with Gasteiger partial charge in [-0.1, -0.05) is 167 Å². The normalized spacial score (nSPS) is 20.2. The number of hydrogen-bond acceptors (Lipinski definition) is 0. The molecule has 0 bridgehead atoms. The summed E-state index contributed by atoms with van der Waals surface area (Å²) >= 11 is 0. The molecule has 0 aromatic heterocycles. The highest BCUT2D eigenvalue weighted by atomic mass is 14.5. The van der Waals surface area contributed by atoms with Crippen molar-refractivity contribution in [1.29, 1.82) is 0 Å². The van der Waals surface area contributed by atoms with Crippen molar-refractivity contribution in [3.05, 3.63) is 185 Å². The predicted octanol–water partition coefficient (Wildman–Crippen LogP) is 13.5. The van der Waals surface area contributed by atoms with E-state index in [1.807, 2.05) is 0 Å². The SMILES string of the molecule is C=C(/C=C\C=C/C)C1(c2ccccc2)C(C)=C(/C=C\CC)c2c(-c3ccc4c(c3)C(C)(/C(=C/CC)CCC)c3ccccc3-4)cccc21. The Kier molecular flexibility index (Phi) is 9.56. The van der Waals surface area contributed by atoms with Crippen LogP contribution in [0.2, 0.25) is 0 Å². The van der Waals surface area contributed by atoms with Crippen LogP contribution in [0.1, 0.15) is 95.0 Å². The highest BCUT2D eigenvalue weighted by Gasteiger charge is 2.47. The highest BCUT2D eigenvalue weighted by molar-refractivity contribution is 5.97. The molecular weight excluding hydrogens is 577 g/mol. The minimum atomic E-state index is -0.474. The zero-order valence-electron chi connectivity index (χ0n) is 29.7. The van der Waals surface area contributed by atoms with Gasteiger partial charge in [0.25, 0.3) is 0 Å². The van der Waals surface area contributed by atoms with E-state index in [0.29, 0.717) is 0 Å². The molecule has 0 saturated heterocycles. The van der Waals surface area contributed by atoms with E-state index in [2.05, 4.69) is 175 Å². The topological polar surface area (TPSA) is 0 Å². The maximum atomic E-state index is 4.78. The van der Waals surface area contributed by atoms with Gasteiger partial charge in [-0.2, -0.15) is 0 Å². The van der Waals surface area contributed by atoms with E-state index in [1.165, 1.54) is 66.8 Å². The molecule has 0 heteroatoms. The molecule has 6 rings (SSSR count). The number of fused-ring (bicyclic) bond motifs is 4. The van der Waals surface area contributed by atoms with Crippen molar-refractivity contribution < 1.29 is 0 Å². The quantitative estimate of drug-likeness (QED) is 0.115. The van der Waals surface area contributed by atoms with Gasteiger partial charge in [-0.05, 0) is 113 Å². The second-order valence-electron chi connectivity index (χ2n) is 13.4. The van der Waals surface area contributed by atoms with Crippen LogP contribution < -0.4 is 0 Å². The third kappa shape index (κ3) is 5.14. The Hall–Kier alpha value is -4.68. The first-order valence-electron chi connectivity index (χ1n) is 17.9. The van der Waals surface area contributed by atoms with Crippen molar-refractivity contribution in [2.24, 2.45) is 0 Å². The van der Waals surface area contributed by atoms with Crippen molar-refractivity contribution in [2.45, 2.75) is 78.1 Å². The van der Waals surface area contributed by atoms with Gasteiger partial charge in [0.15, 0.2) is 0 Å². The third-order valence-corrected chi connectivity index (χ3v) is 10.8. The van der Waals surface area contributed by atoms with E-state index in [9.17, 15) is 0 Å². The minimum absolute atomic E-state index is 0.164. The van der Waals surface area contributed by atoms with Crippen molar-refractivity contribution >= 4 is 5.57 Å². The van der Waals surface area contributed by atoms with Gasteiger partial charge in [0.05, 0.1) is 5.41 Å². The lowest BCUT2D eigenvalue weighted by atomic mass is 9.67. The van der Waals surface area contributed by atoms with Crippen LogP contribution in [0.15, 0.2) is 157 Å². The number of hydrogen-bond donors (Lipinski definition) is 0. The lowest BCUT2D eigenvalue weighted by Crippen LogP contribution is -2.29.